The van der Waals surface area contributed by atoms with Gasteiger partial charge in [0.1, 0.15) is 5.82 Å². The highest BCUT2D eigenvalue weighted by Gasteiger charge is 2.20. The summed E-state index contributed by atoms with van der Waals surface area (Å²) in [7, 11) is 1.62. The SMILES string of the molecule is CCC(OC)C(Cc1cccc(Cl)c1F)NN. The Hall–Kier alpha value is -0.680. The van der Waals surface area contributed by atoms with Gasteiger partial charge in [-0.15, -0.1) is 0 Å². The van der Waals surface area contributed by atoms with Crippen molar-refractivity contribution in [1.29, 1.82) is 0 Å². The number of methoxy groups -OCH3 is 1. The number of hydrazine groups is 1. The largest absolute Gasteiger partial charge is 0.380 e. The van der Waals surface area contributed by atoms with Gasteiger partial charge in [-0.2, -0.15) is 0 Å². The molecule has 5 heteroatoms. The molecule has 2 unspecified atom stereocenters. The topological polar surface area (TPSA) is 47.3 Å². The maximum Gasteiger partial charge on any atom is 0.145 e. The molecule has 0 spiro atoms. The van der Waals surface area contributed by atoms with Crippen LogP contribution in [0.5, 0.6) is 0 Å². The molecule has 0 aliphatic rings. The van der Waals surface area contributed by atoms with E-state index in [4.69, 9.17) is 22.2 Å². The number of benzene rings is 1. The molecule has 1 aromatic rings. The number of ether oxygens (including phenoxy) is 1. The molecule has 0 radical (unpaired) electrons. The minimum atomic E-state index is -0.389. The van der Waals surface area contributed by atoms with Gasteiger partial charge in [-0.3, -0.25) is 11.3 Å². The van der Waals surface area contributed by atoms with E-state index in [1.54, 1.807) is 19.2 Å². The second-order valence-electron chi connectivity index (χ2n) is 3.87. The van der Waals surface area contributed by atoms with Crippen LogP contribution < -0.4 is 11.3 Å². The molecule has 0 aliphatic heterocycles. The van der Waals surface area contributed by atoms with Gasteiger partial charge in [0.2, 0.25) is 0 Å². The molecule has 0 fully saturated rings. The van der Waals surface area contributed by atoms with E-state index in [0.717, 1.165) is 6.42 Å². The number of halogens is 2. The van der Waals surface area contributed by atoms with Crippen LogP contribution >= 0.6 is 11.6 Å². The molecule has 3 N–H and O–H groups in total. The standard InChI is InChI=1S/C12H18ClFN2O/c1-3-11(17-2)10(16-15)7-8-5-4-6-9(13)12(8)14/h4-6,10-11,16H,3,7,15H2,1-2H3. The average molecular weight is 261 g/mol. The van der Waals surface area contributed by atoms with E-state index in [1.165, 1.54) is 6.07 Å². The summed E-state index contributed by atoms with van der Waals surface area (Å²) in [6, 6.07) is 4.81. The van der Waals surface area contributed by atoms with E-state index < -0.39 is 0 Å². The van der Waals surface area contributed by atoms with Gasteiger partial charge in [0.15, 0.2) is 0 Å². The van der Waals surface area contributed by atoms with Crippen molar-refractivity contribution in [3.8, 4) is 0 Å². The molecule has 0 aromatic heterocycles. The van der Waals surface area contributed by atoms with Crippen molar-refractivity contribution >= 4 is 11.6 Å². The average Bonchev–Trinajstić information content (AvgIpc) is 2.34. The van der Waals surface area contributed by atoms with Crippen molar-refractivity contribution in [2.45, 2.75) is 31.9 Å². The normalized spacial score (nSPS) is 14.6. The highest BCUT2D eigenvalue weighted by atomic mass is 35.5. The predicted molar refractivity (Wildman–Crippen MR) is 67.3 cm³/mol. The summed E-state index contributed by atoms with van der Waals surface area (Å²) in [6.07, 6.45) is 1.18. The van der Waals surface area contributed by atoms with E-state index >= 15 is 0 Å². The Kier molecular flexibility index (Phi) is 5.85. The molecular weight excluding hydrogens is 243 g/mol. The van der Waals surface area contributed by atoms with Crippen molar-refractivity contribution in [3.05, 3.63) is 34.6 Å². The number of rotatable bonds is 6. The van der Waals surface area contributed by atoms with E-state index in [-0.39, 0.29) is 23.0 Å². The first-order valence-electron chi connectivity index (χ1n) is 5.55. The summed E-state index contributed by atoms with van der Waals surface area (Å²) in [5.74, 6) is 5.09. The maximum atomic E-state index is 13.7. The quantitative estimate of drug-likeness (QED) is 0.609. The van der Waals surface area contributed by atoms with Gasteiger partial charge in [0.25, 0.3) is 0 Å². The smallest absolute Gasteiger partial charge is 0.145 e. The van der Waals surface area contributed by atoms with Crippen LogP contribution in [0.3, 0.4) is 0 Å². The monoisotopic (exact) mass is 260 g/mol. The zero-order valence-corrected chi connectivity index (χ0v) is 10.8. The van der Waals surface area contributed by atoms with Gasteiger partial charge in [-0.05, 0) is 24.5 Å². The third-order valence-corrected chi connectivity index (χ3v) is 3.13. The van der Waals surface area contributed by atoms with Crippen molar-refractivity contribution in [1.82, 2.24) is 5.43 Å². The zero-order chi connectivity index (χ0) is 12.8. The maximum absolute atomic E-state index is 13.7. The molecule has 96 valence electrons. The molecule has 0 saturated carbocycles. The lowest BCUT2D eigenvalue weighted by Gasteiger charge is -2.24. The van der Waals surface area contributed by atoms with Crippen LogP contribution in [0.15, 0.2) is 18.2 Å². The van der Waals surface area contributed by atoms with E-state index in [0.29, 0.717) is 12.0 Å². The first kappa shape index (κ1) is 14.4. The Labute approximate surface area is 106 Å². The fourth-order valence-electron chi connectivity index (χ4n) is 1.86. The van der Waals surface area contributed by atoms with Gasteiger partial charge in [-0.1, -0.05) is 30.7 Å². The number of nitrogens with one attached hydrogen (secondary N) is 1. The first-order valence-corrected chi connectivity index (χ1v) is 5.93. The number of hydrogen-bond acceptors (Lipinski definition) is 3. The van der Waals surface area contributed by atoms with Crippen LogP contribution in [0.25, 0.3) is 0 Å². The summed E-state index contributed by atoms with van der Waals surface area (Å²) in [6.45, 7) is 1.99. The Morgan fingerprint density at radius 1 is 1.53 bits per heavy atom. The lowest BCUT2D eigenvalue weighted by atomic mass is 10.00. The van der Waals surface area contributed by atoms with Gasteiger partial charge in [0.05, 0.1) is 17.2 Å². The third kappa shape index (κ3) is 3.64. The molecule has 1 rings (SSSR count). The van der Waals surface area contributed by atoms with Crippen LogP contribution in [0, 0.1) is 5.82 Å². The molecule has 17 heavy (non-hydrogen) atoms. The lowest BCUT2D eigenvalue weighted by Crippen LogP contribution is -2.46. The van der Waals surface area contributed by atoms with Crippen molar-refractivity contribution in [2.24, 2.45) is 5.84 Å². The molecule has 0 bridgehead atoms. The fourth-order valence-corrected chi connectivity index (χ4v) is 2.05. The zero-order valence-electron chi connectivity index (χ0n) is 10.0. The van der Waals surface area contributed by atoms with Gasteiger partial charge in [-0.25, -0.2) is 4.39 Å². The highest BCUT2D eigenvalue weighted by Crippen LogP contribution is 2.20. The van der Waals surface area contributed by atoms with Crippen LogP contribution in [-0.2, 0) is 11.2 Å². The number of hydrogen-bond donors (Lipinski definition) is 2. The molecular formula is C12H18ClFN2O. The molecule has 0 aliphatic carbocycles. The van der Waals surface area contributed by atoms with Crippen molar-refractivity contribution in [2.75, 3.05) is 7.11 Å². The van der Waals surface area contributed by atoms with E-state index in [2.05, 4.69) is 5.43 Å². The third-order valence-electron chi connectivity index (χ3n) is 2.84. The summed E-state index contributed by atoms with van der Waals surface area (Å²) in [5, 5.41) is 0.128. The van der Waals surface area contributed by atoms with Gasteiger partial charge < -0.3 is 4.74 Å². The minimum Gasteiger partial charge on any atom is -0.380 e. The molecule has 0 saturated heterocycles. The molecule has 0 amide bonds. The second-order valence-corrected chi connectivity index (χ2v) is 4.28. The first-order chi connectivity index (χ1) is 8.13. The second kappa shape index (κ2) is 6.91. The Morgan fingerprint density at radius 3 is 2.76 bits per heavy atom. The van der Waals surface area contributed by atoms with Crippen LogP contribution in [0.4, 0.5) is 4.39 Å². The lowest BCUT2D eigenvalue weighted by molar-refractivity contribution is 0.0651. The van der Waals surface area contributed by atoms with Crippen molar-refractivity contribution in [3.63, 3.8) is 0 Å². The van der Waals surface area contributed by atoms with Crippen LogP contribution in [0.2, 0.25) is 5.02 Å². The van der Waals surface area contributed by atoms with E-state index in [9.17, 15) is 4.39 Å². The van der Waals surface area contributed by atoms with Crippen LogP contribution in [-0.4, -0.2) is 19.3 Å². The summed E-state index contributed by atoms with van der Waals surface area (Å²) in [4.78, 5) is 0. The summed E-state index contributed by atoms with van der Waals surface area (Å²) in [5.41, 5.74) is 3.20. The molecule has 1 aromatic carbocycles. The Balaban J connectivity index is 2.83. The summed E-state index contributed by atoms with van der Waals surface area (Å²) >= 11 is 5.73. The van der Waals surface area contributed by atoms with E-state index in [1.807, 2.05) is 6.92 Å². The highest BCUT2D eigenvalue weighted by molar-refractivity contribution is 6.30. The molecule has 3 nitrogen and oxygen atoms in total. The van der Waals surface area contributed by atoms with Gasteiger partial charge >= 0.3 is 0 Å². The Morgan fingerprint density at radius 2 is 2.24 bits per heavy atom. The van der Waals surface area contributed by atoms with Gasteiger partial charge in [0, 0.05) is 7.11 Å². The fraction of sp³-hybridized carbons (Fsp3) is 0.500. The molecule has 2 atom stereocenters. The number of nitrogens with two attached hydrogens (primary N) is 1. The van der Waals surface area contributed by atoms with Crippen molar-refractivity contribution < 1.29 is 9.13 Å². The minimum absolute atomic E-state index is 0.0571. The van der Waals surface area contributed by atoms with Crippen LogP contribution in [0.1, 0.15) is 18.9 Å². The molecule has 0 heterocycles. The Bertz CT molecular complexity index is 358. The predicted octanol–water partition coefficient (Wildman–Crippen LogP) is 2.28. The summed E-state index contributed by atoms with van der Waals surface area (Å²) < 4.78 is 19.0.